The van der Waals surface area contributed by atoms with Crippen LogP contribution in [-0.2, 0) is 14.8 Å². The van der Waals surface area contributed by atoms with E-state index in [9.17, 15) is 17.6 Å². The lowest BCUT2D eigenvalue weighted by Crippen LogP contribution is -2.43. The van der Waals surface area contributed by atoms with Crippen molar-refractivity contribution in [2.45, 2.75) is 12.8 Å². The van der Waals surface area contributed by atoms with Gasteiger partial charge < -0.3 is 5.32 Å². The van der Waals surface area contributed by atoms with Crippen LogP contribution < -0.4 is 5.32 Å². The van der Waals surface area contributed by atoms with E-state index in [2.05, 4.69) is 10.3 Å². The molecule has 1 fully saturated rings. The fourth-order valence-corrected chi connectivity index (χ4v) is 4.43. The van der Waals surface area contributed by atoms with Gasteiger partial charge in [0, 0.05) is 13.1 Å². The summed E-state index contributed by atoms with van der Waals surface area (Å²) in [4.78, 5) is 16.4. The van der Waals surface area contributed by atoms with Gasteiger partial charge in [0.15, 0.2) is 5.13 Å². The van der Waals surface area contributed by atoms with Crippen molar-refractivity contribution in [3.8, 4) is 0 Å². The SMILES string of the molecule is CS(=O)(=O)N1CCC[C@H](C(=O)Nc2nc3c(F)cccc3s2)C1. The van der Waals surface area contributed by atoms with Gasteiger partial charge in [-0.25, -0.2) is 22.1 Å². The molecule has 1 amide bonds. The summed E-state index contributed by atoms with van der Waals surface area (Å²) in [6.07, 6.45) is 2.40. The lowest BCUT2D eigenvalue weighted by Gasteiger charge is -2.29. The molecular formula is C14H16FN3O3S2. The van der Waals surface area contributed by atoms with Crippen molar-refractivity contribution in [3.63, 3.8) is 0 Å². The first-order valence-electron chi connectivity index (χ1n) is 7.15. The number of benzene rings is 1. The summed E-state index contributed by atoms with van der Waals surface area (Å²) >= 11 is 1.20. The normalized spacial score (nSPS) is 19.8. The topological polar surface area (TPSA) is 79.4 Å². The van der Waals surface area contributed by atoms with Crippen LogP contribution in [0.4, 0.5) is 9.52 Å². The zero-order valence-corrected chi connectivity index (χ0v) is 14.1. The first-order valence-corrected chi connectivity index (χ1v) is 9.82. The summed E-state index contributed by atoms with van der Waals surface area (Å²) in [7, 11) is -3.30. The first-order chi connectivity index (χ1) is 10.8. The Morgan fingerprint density at radius 3 is 2.96 bits per heavy atom. The summed E-state index contributed by atoms with van der Waals surface area (Å²) < 4.78 is 38.8. The quantitative estimate of drug-likeness (QED) is 0.912. The molecule has 0 spiro atoms. The molecule has 1 atom stereocenters. The third-order valence-electron chi connectivity index (χ3n) is 3.82. The Bertz CT molecular complexity index is 850. The lowest BCUT2D eigenvalue weighted by atomic mass is 9.99. The number of carbonyl (C=O) groups is 1. The van der Waals surface area contributed by atoms with Crippen LogP contribution in [0.5, 0.6) is 0 Å². The number of fused-ring (bicyclic) bond motifs is 1. The molecule has 0 saturated carbocycles. The van der Waals surface area contributed by atoms with E-state index in [4.69, 9.17) is 0 Å². The van der Waals surface area contributed by atoms with Gasteiger partial charge in [-0.05, 0) is 25.0 Å². The number of hydrogen-bond acceptors (Lipinski definition) is 5. The highest BCUT2D eigenvalue weighted by Gasteiger charge is 2.30. The summed E-state index contributed by atoms with van der Waals surface area (Å²) in [6, 6.07) is 4.64. The molecule has 0 unspecified atom stereocenters. The highest BCUT2D eigenvalue weighted by atomic mass is 32.2. The Morgan fingerprint density at radius 2 is 2.26 bits per heavy atom. The highest BCUT2D eigenvalue weighted by molar-refractivity contribution is 7.88. The van der Waals surface area contributed by atoms with Gasteiger partial charge >= 0.3 is 0 Å². The van der Waals surface area contributed by atoms with Gasteiger partial charge in [-0.15, -0.1) is 0 Å². The highest BCUT2D eigenvalue weighted by Crippen LogP contribution is 2.28. The maximum atomic E-state index is 13.6. The van der Waals surface area contributed by atoms with Gasteiger partial charge in [0.05, 0.1) is 16.9 Å². The number of nitrogens with one attached hydrogen (secondary N) is 1. The minimum Gasteiger partial charge on any atom is -0.302 e. The third kappa shape index (κ3) is 3.51. The Labute approximate surface area is 137 Å². The van der Waals surface area contributed by atoms with Crippen LogP contribution in [0.2, 0.25) is 0 Å². The number of aromatic nitrogens is 1. The molecule has 2 heterocycles. The van der Waals surface area contributed by atoms with Crippen molar-refractivity contribution < 1.29 is 17.6 Å². The average molecular weight is 357 g/mol. The molecule has 1 aliphatic rings. The van der Waals surface area contributed by atoms with Crippen molar-refractivity contribution in [2.75, 3.05) is 24.7 Å². The van der Waals surface area contributed by atoms with Crippen molar-refractivity contribution in [2.24, 2.45) is 5.92 Å². The number of sulfonamides is 1. The second-order valence-electron chi connectivity index (χ2n) is 5.56. The zero-order valence-electron chi connectivity index (χ0n) is 12.5. The van der Waals surface area contributed by atoms with Crippen LogP contribution >= 0.6 is 11.3 Å². The van der Waals surface area contributed by atoms with Crippen LogP contribution in [0.1, 0.15) is 12.8 Å². The number of carbonyl (C=O) groups excluding carboxylic acids is 1. The second-order valence-corrected chi connectivity index (χ2v) is 8.57. The zero-order chi connectivity index (χ0) is 16.6. The number of anilines is 1. The van der Waals surface area contributed by atoms with E-state index in [1.54, 1.807) is 12.1 Å². The van der Waals surface area contributed by atoms with Crippen molar-refractivity contribution in [1.29, 1.82) is 0 Å². The van der Waals surface area contributed by atoms with Crippen LogP contribution in [0.25, 0.3) is 10.2 Å². The standard InChI is InChI=1S/C14H16FN3O3S2/c1-23(20,21)18-7-3-4-9(8-18)13(19)17-14-16-12-10(15)5-2-6-11(12)22-14/h2,5-6,9H,3-4,7-8H2,1H3,(H,16,17,19)/t9-/m0/s1. The molecular weight excluding hydrogens is 341 g/mol. The molecule has 23 heavy (non-hydrogen) atoms. The molecule has 9 heteroatoms. The number of amides is 1. The van der Waals surface area contributed by atoms with Gasteiger partial charge in [0.25, 0.3) is 0 Å². The van der Waals surface area contributed by atoms with Crippen molar-refractivity contribution in [3.05, 3.63) is 24.0 Å². The van der Waals surface area contributed by atoms with E-state index >= 15 is 0 Å². The minimum atomic E-state index is -3.30. The average Bonchev–Trinajstić information content (AvgIpc) is 2.90. The van der Waals surface area contributed by atoms with Gasteiger partial charge in [-0.1, -0.05) is 17.4 Å². The molecule has 2 aromatic rings. The number of piperidine rings is 1. The second kappa shape index (κ2) is 6.14. The molecule has 124 valence electrons. The number of para-hydroxylation sites is 1. The van der Waals surface area contributed by atoms with Gasteiger partial charge in [0.1, 0.15) is 11.3 Å². The lowest BCUT2D eigenvalue weighted by molar-refractivity contribution is -0.120. The smallest absolute Gasteiger partial charge is 0.230 e. The number of halogens is 1. The molecule has 1 saturated heterocycles. The monoisotopic (exact) mass is 357 g/mol. The molecule has 3 rings (SSSR count). The Balaban J connectivity index is 1.74. The predicted octanol–water partition coefficient (Wildman–Crippen LogP) is 2.05. The van der Waals surface area contributed by atoms with E-state index < -0.39 is 21.8 Å². The fourth-order valence-electron chi connectivity index (χ4n) is 2.63. The number of thiazole rings is 1. The molecule has 1 aromatic heterocycles. The van der Waals surface area contributed by atoms with E-state index in [0.29, 0.717) is 29.2 Å². The summed E-state index contributed by atoms with van der Waals surface area (Å²) in [5, 5.41) is 3.01. The van der Waals surface area contributed by atoms with E-state index in [1.807, 2.05) is 0 Å². The number of nitrogens with zero attached hydrogens (tertiary/aromatic N) is 2. The number of rotatable bonds is 3. The maximum absolute atomic E-state index is 13.6. The summed E-state index contributed by atoms with van der Waals surface area (Å²) in [5.74, 6) is -1.13. The molecule has 0 aliphatic carbocycles. The number of hydrogen-bond donors (Lipinski definition) is 1. The van der Waals surface area contributed by atoms with E-state index in [0.717, 1.165) is 6.26 Å². The molecule has 1 aliphatic heterocycles. The molecule has 1 N–H and O–H groups in total. The predicted molar refractivity (Wildman–Crippen MR) is 87.3 cm³/mol. The Hall–Kier alpha value is -1.58. The van der Waals surface area contributed by atoms with Gasteiger partial charge in [-0.2, -0.15) is 0 Å². The van der Waals surface area contributed by atoms with Crippen LogP contribution in [0.3, 0.4) is 0 Å². The third-order valence-corrected chi connectivity index (χ3v) is 6.03. The van der Waals surface area contributed by atoms with Crippen LogP contribution in [-0.4, -0.2) is 43.0 Å². The summed E-state index contributed by atoms with van der Waals surface area (Å²) in [6.45, 7) is 0.610. The molecule has 6 nitrogen and oxygen atoms in total. The Morgan fingerprint density at radius 1 is 1.48 bits per heavy atom. The summed E-state index contributed by atoms with van der Waals surface area (Å²) in [5.41, 5.74) is 0.231. The van der Waals surface area contributed by atoms with Gasteiger partial charge in [0.2, 0.25) is 15.9 Å². The van der Waals surface area contributed by atoms with Crippen molar-refractivity contribution >= 4 is 42.6 Å². The maximum Gasteiger partial charge on any atom is 0.230 e. The van der Waals surface area contributed by atoms with Crippen LogP contribution in [0.15, 0.2) is 18.2 Å². The first kappa shape index (κ1) is 16.3. The van der Waals surface area contributed by atoms with Crippen LogP contribution in [0, 0.1) is 11.7 Å². The minimum absolute atomic E-state index is 0.171. The van der Waals surface area contributed by atoms with E-state index in [1.165, 1.54) is 21.7 Å². The molecule has 0 bridgehead atoms. The van der Waals surface area contributed by atoms with E-state index in [-0.39, 0.29) is 18.0 Å². The van der Waals surface area contributed by atoms with Gasteiger partial charge in [-0.3, -0.25) is 4.79 Å². The molecule has 1 aromatic carbocycles. The largest absolute Gasteiger partial charge is 0.302 e. The molecule has 0 radical (unpaired) electrons. The van der Waals surface area contributed by atoms with Crippen molar-refractivity contribution in [1.82, 2.24) is 9.29 Å². The fraction of sp³-hybridized carbons (Fsp3) is 0.429. The Kier molecular flexibility index (Phi) is 4.35.